The second-order valence-electron chi connectivity index (χ2n) is 5.98. The van der Waals surface area contributed by atoms with E-state index < -0.39 is 0 Å². The minimum atomic E-state index is -0.352. The second kappa shape index (κ2) is 6.29. The van der Waals surface area contributed by atoms with Crippen molar-refractivity contribution in [2.75, 3.05) is 7.11 Å². The van der Waals surface area contributed by atoms with Crippen molar-refractivity contribution >= 4 is 16.6 Å². The van der Waals surface area contributed by atoms with Crippen molar-refractivity contribution in [1.29, 1.82) is 0 Å². The highest BCUT2D eigenvalue weighted by Gasteiger charge is 2.15. The Morgan fingerprint density at radius 2 is 2.00 bits per heavy atom. The number of rotatable bonds is 4. The van der Waals surface area contributed by atoms with Crippen molar-refractivity contribution in [1.82, 2.24) is 14.6 Å². The molecule has 4 rings (SSSR count). The van der Waals surface area contributed by atoms with Crippen LogP contribution in [-0.4, -0.2) is 31.9 Å². The molecule has 0 bridgehead atoms. The minimum absolute atomic E-state index is 0.0656. The standard InChI is InChI=1S/C19H17N3O4/c1-26-17-8-14-13(10-24)6-18-20-21-19(25)22(18)16(14)7-15(17)12-4-2-3-11(5-12)9-23/h2-8,23-24H,9-10H2,1H3,(H,21,25). The SMILES string of the molecule is COc1cc2c(CO)cc3n[nH]c(=O)n3c2cc1-c1cccc(CO)c1. The Balaban J connectivity index is 2.12. The van der Waals surface area contributed by atoms with Gasteiger partial charge in [0.15, 0.2) is 5.65 Å². The van der Waals surface area contributed by atoms with Crippen LogP contribution in [0, 0.1) is 0 Å². The molecule has 0 aliphatic heterocycles. The molecule has 0 saturated heterocycles. The van der Waals surface area contributed by atoms with Gasteiger partial charge in [-0.05, 0) is 41.0 Å². The molecule has 0 atom stereocenters. The van der Waals surface area contributed by atoms with Gasteiger partial charge in [-0.25, -0.2) is 14.3 Å². The van der Waals surface area contributed by atoms with Gasteiger partial charge in [-0.3, -0.25) is 0 Å². The largest absolute Gasteiger partial charge is 0.496 e. The lowest BCUT2D eigenvalue weighted by molar-refractivity contribution is 0.282. The number of ether oxygens (including phenoxy) is 1. The molecule has 0 aliphatic carbocycles. The van der Waals surface area contributed by atoms with E-state index in [2.05, 4.69) is 10.2 Å². The highest BCUT2D eigenvalue weighted by Crippen LogP contribution is 2.35. The molecule has 7 nitrogen and oxygen atoms in total. The van der Waals surface area contributed by atoms with Crippen LogP contribution in [0.4, 0.5) is 0 Å². The number of fused-ring (bicyclic) bond motifs is 3. The Bertz CT molecular complexity index is 1180. The number of aromatic amines is 1. The van der Waals surface area contributed by atoms with Crippen LogP contribution in [-0.2, 0) is 13.2 Å². The molecule has 132 valence electrons. The first-order valence-corrected chi connectivity index (χ1v) is 8.08. The van der Waals surface area contributed by atoms with E-state index in [0.717, 1.165) is 16.7 Å². The number of H-pyrrole nitrogens is 1. The minimum Gasteiger partial charge on any atom is -0.496 e. The van der Waals surface area contributed by atoms with E-state index in [1.165, 1.54) is 4.40 Å². The van der Waals surface area contributed by atoms with E-state index in [1.807, 2.05) is 30.3 Å². The summed E-state index contributed by atoms with van der Waals surface area (Å²) in [7, 11) is 1.57. The number of pyridine rings is 1. The number of aliphatic hydroxyl groups is 2. The summed E-state index contributed by atoms with van der Waals surface area (Å²) in [4.78, 5) is 12.2. The molecule has 3 N–H and O–H groups in total. The number of nitrogens with zero attached hydrogens (tertiary/aromatic N) is 2. The molecular weight excluding hydrogens is 334 g/mol. The third kappa shape index (κ3) is 2.45. The van der Waals surface area contributed by atoms with E-state index in [1.54, 1.807) is 19.2 Å². The fourth-order valence-electron chi connectivity index (χ4n) is 3.25. The van der Waals surface area contributed by atoms with Crippen molar-refractivity contribution in [2.45, 2.75) is 13.2 Å². The van der Waals surface area contributed by atoms with Crippen LogP contribution in [0.5, 0.6) is 5.75 Å². The van der Waals surface area contributed by atoms with Gasteiger partial charge in [-0.1, -0.05) is 18.2 Å². The zero-order chi connectivity index (χ0) is 18.3. The zero-order valence-electron chi connectivity index (χ0n) is 14.1. The Morgan fingerprint density at radius 3 is 2.73 bits per heavy atom. The molecule has 0 aliphatic rings. The molecule has 0 amide bonds. The smallest absolute Gasteiger partial charge is 0.348 e. The number of hydrogen-bond acceptors (Lipinski definition) is 5. The Labute approximate surface area is 148 Å². The van der Waals surface area contributed by atoms with Crippen LogP contribution in [0.3, 0.4) is 0 Å². The lowest BCUT2D eigenvalue weighted by Gasteiger charge is -2.14. The summed E-state index contributed by atoms with van der Waals surface area (Å²) in [5.41, 5.74) is 3.77. The van der Waals surface area contributed by atoms with Gasteiger partial charge in [0.2, 0.25) is 0 Å². The Hall–Kier alpha value is -3.16. The average Bonchev–Trinajstić information content (AvgIpc) is 3.07. The second-order valence-corrected chi connectivity index (χ2v) is 5.98. The lowest BCUT2D eigenvalue weighted by atomic mass is 9.99. The summed E-state index contributed by atoms with van der Waals surface area (Å²) >= 11 is 0. The van der Waals surface area contributed by atoms with Crippen LogP contribution in [0.25, 0.3) is 27.7 Å². The van der Waals surface area contributed by atoms with Crippen LogP contribution in [0.15, 0.2) is 47.3 Å². The maximum atomic E-state index is 12.2. The van der Waals surface area contributed by atoms with E-state index in [-0.39, 0.29) is 18.9 Å². The third-order valence-corrected chi connectivity index (χ3v) is 4.50. The van der Waals surface area contributed by atoms with E-state index in [9.17, 15) is 15.0 Å². The summed E-state index contributed by atoms with van der Waals surface area (Å²) in [6, 6.07) is 12.8. The summed E-state index contributed by atoms with van der Waals surface area (Å²) in [5.74, 6) is 0.609. The number of nitrogens with one attached hydrogen (secondary N) is 1. The van der Waals surface area contributed by atoms with Crippen molar-refractivity contribution in [2.24, 2.45) is 0 Å². The van der Waals surface area contributed by atoms with Gasteiger partial charge in [0, 0.05) is 10.9 Å². The molecule has 0 saturated carbocycles. The van der Waals surface area contributed by atoms with Crippen molar-refractivity contribution in [3.63, 3.8) is 0 Å². The normalized spacial score (nSPS) is 11.3. The van der Waals surface area contributed by atoms with Gasteiger partial charge in [0.05, 0.1) is 25.8 Å². The van der Waals surface area contributed by atoms with Crippen LogP contribution in [0.2, 0.25) is 0 Å². The number of aliphatic hydroxyl groups excluding tert-OH is 2. The molecule has 4 aromatic rings. The van der Waals surface area contributed by atoms with Gasteiger partial charge in [0.1, 0.15) is 5.75 Å². The molecule has 2 aromatic carbocycles. The van der Waals surface area contributed by atoms with E-state index in [4.69, 9.17) is 4.74 Å². The summed E-state index contributed by atoms with van der Waals surface area (Å²) in [6.07, 6.45) is 0. The number of methoxy groups -OCH3 is 1. The quantitative estimate of drug-likeness (QED) is 0.521. The predicted molar refractivity (Wildman–Crippen MR) is 97.2 cm³/mol. The maximum Gasteiger partial charge on any atom is 0.348 e. The molecule has 2 heterocycles. The average molecular weight is 351 g/mol. The highest BCUT2D eigenvalue weighted by molar-refractivity contribution is 5.92. The van der Waals surface area contributed by atoms with Gasteiger partial charge in [-0.15, -0.1) is 0 Å². The number of aromatic nitrogens is 3. The molecular formula is C19H17N3O4. The molecule has 26 heavy (non-hydrogen) atoms. The molecule has 0 radical (unpaired) electrons. The first-order valence-electron chi connectivity index (χ1n) is 8.08. The molecule has 0 fully saturated rings. The zero-order valence-corrected chi connectivity index (χ0v) is 14.1. The highest BCUT2D eigenvalue weighted by atomic mass is 16.5. The van der Waals surface area contributed by atoms with Gasteiger partial charge < -0.3 is 14.9 Å². The fraction of sp³-hybridized carbons (Fsp3) is 0.158. The van der Waals surface area contributed by atoms with Crippen LogP contribution >= 0.6 is 0 Å². The number of hydrogen-bond donors (Lipinski definition) is 3. The van der Waals surface area contributed by atoms with Gasteiger partial charge >= 0.3 is 5.69 Å². The number of benzene rings is 2. The van der Waals surface area contributed by atoms with E-state index >= 15 is 0 Å². The van der Waals surface area contributed by atoms with Crippen LogP contribution in [0.1, 0.15) is 11.1 Å². The first-order chi connectivity index (χ1) is 12.7. The predicted octanol–water partition coefficient (Wildman–Crippen LogP) is 1.84. The van der Waals surface area contributed by atoms with Crippen molar-refractivity contribution < 1.29 is 14.9 Å². The van der Waals surface area contributed by atoms with Gasteiger partial charge in [-0.2, -0.15) is 5.10 Å². The van der Waals surface area contributed by atoms with Crippen molar-refractivity contribution in [3.8, 4) is 16.9 Å². The van der Waals surface area contributed by atoms with Gasteiger partial charge in [0.25, 0.3) is 0 Å². The molecule has 2 aromatic heterocycles. The fourth-order valence-corrected chi connectivity index (χ4v) is 3.25. The Morgan fingerprint density at radius 1 is 1.15 bits per heavy atom. The summed E-state index contributed by atoms with van der Waals surface area (Å²) < 4.78 is 7.02. The molecule has 7 heteroatoms. The lowest BCUT2D eigenvalue weighted by Crippen LogP contribution is -2.11. The van der Waals surface area contributed by atoms with E-state index in [0.29, 0.717) is 27.9 Å². The third-order valence-electron chi connectivity index (χ3n) is 4.50. The van der Waals surface area contributed by atoms with Crippen LogP contribution < -0.4 is 10.4 Å². The monoisotopic (exact) mass is 351 g/mol. The first kappa shape index (κ1) is 16.3. The summed E-state index contributed by atoms with van der Waals surface area (Å²) in [5, 5.41) is 26.3. The van der Waals surface area contributed by atoms with Crippen molar-refractivity contribution in [3.05, 3.63) is 64.1 Å². The molecule has 0 unspecified atom stereocenters. The Kier molecular flexibility index (Phi) is 3.95. The summed E-state index contributed by atoms with van der Waals surface area (Å²) in [6.45, 7) is -0.250. The molecule has 0 spiro atoms. The topological polar surface area (TPSA) is 99.9 Å². The maximum absolute atomic E-state index is 12.2.